The van der Waals surface area contributed by atoms with Crippen LogP contribution in [-0.4, -0.2) is 50.9 Å². The van der Waals surface area contributed by atoms with Gasteiger partial charge in [-0.15, -0.1) is 0 Å². The van der Waals surface area contributed by atoms with E-state index in [2.05, 4.69) is 34.2 Å². The van der Waals surface area contributed by atoms with Crippen molar-refractivity contribution < 1.29 is 9.47 Å². The van der Waals surface area contributed by atoms with Gasteiger partial charge in [-0.25, -0.2) is 14.5 Å². The summed E-state index contributed by atoms with van der Waals surface area (Å²) in [6, 6.07) is 5.94. The van der Waals surface area contributed by atoms with Crippen LogP contribution in [0.2, 0.25) is 0 Å². The molecule has 8 nitrogen and oxygen atoms in total. The Hall–Kier alpha value is -3.13. The maximum absolute atomic E-state index is 5.96. The van der Waals surface area contributed by atoms with Crippen LogP contribution in [0.3, 0.4) is 0 Å². The number of pyridine rings is 2. The van der Waals surface area contributed by atoms with Gasteiger partial charge < -0.3 is 19.8 Å². The SMILES string of the molecule is COc1cc(-c2[nH]c3ccc(OC4CNC4)nc3c2C(C)C)cn2ncnc12. The van der Waals surface area contributed by atoms with Gasteiger partial charge in [-0.2, -0.15) is 5.10 Å². The van der Waals surface area contributed by atoms with Gasteiger partial charge in [0.2, 0.25) is 5.88 Å². The molecule has 144 valence electrons. The Morgan fingerprint density at radius 3 is 2.82 bits per heavy atom. The maximum atomic E-state index is 5.96. The molecule has 0 aliphatic carbocycles. The smallest absolute Gasteiger partial charge is 0.214 e. The summed E-state index contributed by atoms with van der Waals surface area (Å²) in [5.74, 6) is 1.61. The predicted octanol–water partition coefficient (Wildman–Crippen LogP) is 2.76. The normalized spacial score (nSPS) is 14.7. The minimum Gasteiger partial charge on any atom is -0.493 e. The number of fused-ring (bicyclic) bond motifs is 2. The van der Waals surface area contributed by atoms with E-state index in [1.807, 2.05) is 24.4 Å². The zero-order valence-corrected chi connectivity index (χ0v) is 16.1. The lowest BCUT2D eigenvalue weighted by atomic mass is 9.99. The number of H-pyrrole nitrogens is 1. The molecule has 0 unspecified atom stereocenters. The van der Waals surface area contributed by atoms with Crippen molar-refractivity contribution in [2.75, 3.05) is 20.2 Å². The van der Waals surface area contributed by atoms with Crippen molar-refractivity contribution in [3.63, 3.8) is 0 Å². The van der Waals surface area contributed by atoms with Gasteiger partial charge in [0.25, 0.3) is 0 Å². The summed E-state index contributed by atoms with van der Waals surface area (Å²) in [4.78, 5) is 12.6. The number of rotatable bonds is 5. The van der Waals surface area contributed by atoms with Crippen molar-refractivity contribution in [2.45, 2.75) is 25.9 Å². The molecule has 0 radical (unpaired) electrons. The fraction of sp³-hybridized carbons (Fsp3) is 0.350. The first-order valence-corrected chi connectivity index (χ1v) is 9.41. The lowest BCUT2D eigenvalue weighted by Gasteiger charge is -2.27. The zero-order chi connectivity index (χ0) is 19.3. The van der Waals surface area contributed by atoms with Gasteiger partial charge in [0.15, 0.2) is 11.4 Å². The van der Waals surface area contributed by atoms with Crippen molar-refractivity contribution in [2.24, 2.45) is 0 Å². The number of aromatic nitrogens is 5. The molecule has 8 heteroatoms. The number of hydrogen-bond donors (Lipinski definition) is 2. The lowest BCUT2D eigenvalue weighted by molar-refractivity contribution is 0.136. The van der Waals surface area contributed by atoms with Crippen LogP contribution in [-0.2, 0) is 0 Å². The summed E-state index contributed by atoms with van der Waals surface area (Å²) < 4.78 is 13.2. The fourth-order valence-electron chi connectivity index (χ4n) is 3.62. The van der Waals surface area contributed by atoms with E-state index in [4.69, 9.17) is 14.5 Å². The topological polar surface area (TPSA) is 89.4 Å². The first-order valence-electron chi connectivity index (χ1n) is 9.41. The molecule has 2 N–H and O–H groups in total. The third kappa shape index (κ3) is 2.68. The molecule has 4 aromatic rings. The molecular weight excluding hydrogens is 356 g/mol. The van der Waals surface area contributed by atoms with E-state index in [-0.39, 0.29) is 12.0 Å². The molecule has 0 atom stereocenters. The van der Waals surface area contributed by atoms with Crippen molar-refractivity contribution in [1.29, 1.82) is 0 Å². The van der Waals surface area contributed by atoms with E-state index in [1.165, 1.54) is 6.33 Å². The molecule has 1 fully saturated rings. The summed E-state index contributed by atoms with van der Waals surface area (Å²) in [5.41, 5.74) is 5.74. The Labute approximate surface area is 161 Å². The van der Waals surface area contributed by atoms with Gasteiger partial charge in [-0.3, -0.25) is 0 Å². The second-order valence-corrected chi connectivity index (χ2v) is 7.34. The quantitative estimate of drug-likeness (QED) is 0.555. The summed E-state index contributed by atoms with van der Waals surface area (Å²) in [5, 5.41) is 7.49. The van der Waals surface area contributed by atoms with E-state index in [0.717, 1.165) is 40.9 Å². The Kier molecular flexibility index (Phi) is 3.94. The van der Waals surface area contributed by atoms with Crippen LogP contribution in [0.4, 0.5) is 0 Å². The van der Waals surface area contributed by atoms with Crippen LogP contribution in [0.1, 0.15) is 25.3 Å². The third-order valence-electron chi connectivity index (χ3n) is 5.11. The highest BCUT2D eigenvalue weighted by Crippen LogP contribution is 2.37. The van der Waals surface area contributed by atoms with Crippen LogP contribution < -0.4 is 14.8 Å². The highest BCUT2D eigenvalue weighted by molar-refractivity contribution is 5.89. The largest absolute Gasteiger partial charge is 0.493 e. The van der Waals surface area contributed by atoms with Gasteiger partial charge in [0, 0.05) is 36.5 Å². The van der Waals surface area contributed by atoms with Crippen molar-refractivity contribution in [3.05, 3.63) is 36.3 Å². The molecule has 1 aliphatic rings. The zero-order valence-electron chi connectivity index (χ0n) is 16.1. The Balaban J connectivity index is 1.67. The maximum Gasteiger partial charge on any atom is 0.214 e. The first kappa shape index (κ1) is 17.0. The van der Waals surface area contributed by atoms with Gasteiger partial charge in [0.05, 0.1) is 23.8 Å². The number of hydrogen-bond acceptors (Lipinski definition) is 6. The van der Waals surface area contributed by atoms with Crippen molar-refractivity contribution in [1.82, 2.24) is 29.9 Å². The number of nitrogens with one attached hydrogen (secondary N) is 2. The predicted molar refractivity (Wildman–Crippen MR) is 106 cm³/mol. The van der Waals surface area contributed by atoms with Gasteiger partial charge in [0.1, 0.15) is 12.4 Å². The summed E-state index contributed by atoms with van der Waals surface area (Å²) in [6.45, 7) is 6.07. The standard InChI is InChI=1S/C20H22N6O2/c1-11(2)17-18(12-6-15(27-3)20-22-10-23-26(20)9-12)24-14-4-5-16(25-19(14)17)28-13-7-21-8-13/h4-6,9-11,13,21,24H,7-8H2,1-3H3. The van der Waals surface area contributed by atoms with Crippen LogP contribution in [0.5, 0.6) is 11.6 Å². The molecular formula is C20H22N6O2. The van der Waals surface area contributed by atoms with Crippen molar-refractivity contribution >= 4 is 16.7 Å². The van der Waals surface area contributed by atoms with Crippen molar-refractivity contribution in [3.8, 4) is 22.9 Å². The summed E-state index contributed by atoms with van der Waals surface area (Å²) >= 11 is 0. The Morgan fingerprint density at radius 1 is 1.25 bits per heavy atom. The highest BCUT2D eigenvalue weighted by Gasteiger charge is 2.22. The molecule has 5 rings (SSSR count). The minimum absolute atomic E-state index is 0.199. The second kappa shape index (κ2) is 6.49. The minimum atomic E-state index is 0.199. The number of aromatic amines is 1. The summed E-state index contributed by atoms with van der Waals surface area (Å²) in [7, 11) is 1.64. The van der Waals surface area contributed by atoms with Crippen LogP contribution in [0, 0.1) is 0 Å². The summed E-state index contributed by atoms with van der Waals surface area (Å²) in [6.07, 6.45) is 3.68. The molecule has 1 aliphatic heterocycles. The molecule has 28 heavy (non-hydrogen) atoms. The highest BCUT2D eigenvalue weighted by atomic mass is 16.5. The molecule has 0 saturated carbocycles. The van der Waals surface area contributed by atoms with E-state index < -0.39 is 0 Å². The fourth-order valence-corrected chi connectivity index (χ4v) is 3.62. The lowest BCUT2D eigenvalue weighted by Crippen LogP contribution is -2.50. The Bertz CT molecular complexity index is 1160. The van der Waals surface area contributed by atoms with Crippen LogP contribution >= 0.6 is 0 Å². The van der Waals surface area contributed by atoms with E-state index >= 15 is 0 Å². The number of methoxy groups -OCH3 is 1. The Morgan fingerprint density at radius 2 is 2.11 bits per heavy atom. The third-order valence-corrected chi connectivity index (χ3v) is 5.11. The number of ether oxygens (including phenoxy) is 2. The molecule has 5 heterocycles. The first-order chi connectivity index (χ1) is 13.6. The second-order valence-electron chi connectivity index (χ2n) is 7.34. The van der Waals surface area contributed by atoms with Crippen LogP contribution in [0.25, 0.3) is 27.9 Å². The average Bonchev–Trinajstić information content (AvgIpc) is 3.27. The molecule has 1 saturated heterocycles. The van der Waals surface area contributed by atoms with E-state index in [1.54, 1.807) is 11.6 Å². The van der Waals surface area contributed by atoms with Gasteiger partial charge in [-0.1, -0.05) is 13.8 Å². The average molecular weight is 378 g/mol. The molecule has 0 spiro atoms. The van der Waals surface area contributed by atoms with Crippen LogP contribution in [0.15, 0.2) is 30.7 Å². The molecule has 0 aromatic carbocycles. The monoisotopic (exact) mass is 378 g/mol. The van der Waals surface area contributed by atoms with Gasteiger partial charge >= 0.3 is 0 Å². The molecule has 0 bridgehead atoms. The van der Waals surface area contributed by atoms with Gasteiger partial charge in [-0.05, 0) is 18.1 Å². The van der Waals surface area contributed by atoms with E-state index in [9.17, 15) is 0 Å². The molecule has 0 amide bonds. The van der Waals surface area contributed by atoms with E-state index in [0.29, 0.717) is 17.3 Å². The number of nitrogens with zero attached hydrogens (tertiary/aromatic N) is 4. The molecule has 4 aromatic heterocycles.